The Morgan fingerprint density at radius 2 is 1.79 bits per heavy atom. The molecule has 0 bridgehead atoms. The van der Waals surface area contributed by atoms with Crippen molar-refractivity contribution in [3.05, 3.63) is 72.4 Å². The maximum Gasteiger partial charge on any atom is 0.251 e. The van der Waals surface area contributed by atoms with E-state index in [1.807, 2.05) is 37.8 Å². The third kappa shape index (κ3) is 4.70. The van der Waals surface area contributed by atoms with Gasteiger partial charge in [0.1, 0.15) is 5.82 Å². The molecule has 1 saturated heterocycles. The number of pyridine rings is 2. The number of hydrogen-bond acceptors (Lipinski definition) is 6. The molecule has 4 aromatic rings. The highest BCUT2D eigenvalue weighted by molar-refractivity contribution is 5.95. The van der Waals surface area contributed by atoms with Crippen molar-refractivity contribution >= 4 is 22.5 Å². The molecule has 0 atom stereocenters. The lowest BCUT2D eigenvalue weighted by molar-refractivity contribution is 0.0950. The van der Waals surface area contributed by atoms with E-state index in [0.717, 1.165) is 59.6 Å². The molecule has 33 heavy (non-hydrogen) atoms. The first-order valence-electron chi connectivity index (χ1n) is 11.1. The van der Waals surface area contributed by atoms with Crippen molar-refractivity contribution in [2.24, 2.45) is 7.05 Å². The van der Waals surface area contributed by atoms with Crippen molar-refractivity contribution in [1.82, 2.24) is 30.0 Å². The molecule has 1 amide bonds. The second kappa shape index (κ2) is 8.99. The predicted octanol–water partition coefficient (Wildman–Crippen LogP) is 2.71. The van der Waals surface area contributed by atoms with Gasteiger partial charge in [-0.3, -0.25) is 14.5 Å². The molecule has 3 aromatic heterocycles. The zero-order valence-electron chi connectivity index (χ0n) is 18.9. The first kappa shape index (κ1) is 21.1. The van der Waals surface area contributed by atoms with Crippen LogP contribution in [0.1, 0.15) is 16.1 Å². The standard InChI is InChI=1S/C25H27N7O/c1-30-7-9-32(10-8-30)24-13-19(5-6-26-24)25(33)28-16-23-12-21-11-18(3-4-20(21)14-27-23)22-15-29-31(2)17-22/h3-6,11-15,17H,7-10,16H2,1-2H3,(H,28,33). The second-order valence-corrected chi connectivity index (χ2v) is 8.52. The zero-order valence-corrected chi connectivity index (χ0v) is 18.9. The summed E-state index contributed by atoms with van der Waals surface area (Å²) in [4.78, 5) is 26.3. The minimum absolute atomic E-state index is 0.126. The van der Waals surface area contributed by atoms with Crippen molar-refractivity contribution in [2.45, 2.75) is 6.54 Å². The number of aromatic nitrogens is 4. The Bertz CT molecular complexity index is 1290. The van der Waals surface area contributed by atoms with E-state index in [0.29, 0.717) is 12.1 Å². The third-order valence-corrected chi connectivity index (χ3v) is 6.08. The molecule has 5 rings (SSSR count). The Kier molecular flexibility index (Phi) is 5.75. The van der Waals surface area contributed by atoms with E-state index in [4.69, 9.17) is 0 Å². The summed E-state index contributed by atoms with van der Waals surface area (Å²) in [5, 5.41) is 9.39. The van der Waals surface area contributed by atoms with E-state index in [1.54, 1.807) is 16.9 Å². The summed E-state index contributed by atoms with van der Waals surface area (Å²) in [7, 11) is 4.03. The fourth-order valence-corrected chi connectivity index (χ4v) is 4.07. The number of carbonyl (C=O) groups is 1. The van der Waals surface area contributed by atoms with Crippen molar-refractivity contribution in [3.8, 4) is 11.1 Å². The van der Waals surface area contributed by atoms with Crippen LogP contribution >= 0.6 is 0 Å². The number of anilines is 1. The van der Waals surface area contributed by atoms with E-state index in [-0.39, 0.29) is 5.91 Å². The van der Waals surface area contributed by atoms with Crippen LogP contribution in [-0.4, -0.2) is 63.8 Å². The van der Waals surface area contributed by atoms with Gasteiger partial charge in [0.25, 0.3) is 5.91 Å². The lowest BCUT2D eigenvalue weighted by Crippen LogP contribution is -2.44. The zero-order chi connectivity index (χ0) is 22.8. The molecule has 0 radical (unpaired) electrons. The number of hydrogen-bond donors (Lipinski definition) is 1. The van der Waals surface area contributed by atoms with Gasteiger partial charge in [-0.25, -0.2) is 4.98 Å². The van der Waals surface area contributed by atoms with Gasteiger partial charge >= 0.3 is 0 Å². The van der Waals surface area contributed by atoms with E-state index in [9.17, 15) is 4.79 Å². The molecular formula is C25H27N7O. The number of amides is 1. The Labute approximate surface area is 192 Å². The van der Waals surface area contributed by atoms with Crippen LogP contribution in [0, 0.1) is 0 Å². The van der Waals surface area contributed by atoms with Crippen LogP contribution in [0.25, 0.3) is 21.9 Å². The molecule has 8 heteroatoms. The number of nitrogens with zero attached hydrogens (tertiary/aromatic N) is 6. The molecule has 4 heterocycles. The quantitative estimate of drug-likeness (QED) is 0.513. The molecule has 0 saturated carbocycles. The average Bonchev–Trinajstić information content (AvgIpc) is 3.29. The monoisotopic (exact) mass is 441 g/mol. The van der Waals surface area contributed by atoms with Crippen LogP contribution in [-0.2, 0) is 13.6 Å². The largest absolute Gasteiger partial charge is 0.354 e. The van der Waals surface area contributed by atoms with Crippen LogP contribution in [0.2, 0.25) is 0 Å². The number of carbonyl (C=O) groups excluding carboxylic acids is 1. The van der Waals surface area contributed by atoms with Gasteiger partial charge in [0, 0.05) is 68.3 Å². The summed E-state index contributed by atoms with van der Waals surface area (Å²) in [6, 6.07) is 11.9. The van der Waals surface area contributed by atoms with Crippen molar-refractivity contribution in [1.29, 1.82) is 0 Å². The first-order valence-corrected chi connectivity index (χ1v) is 11.1. The first-order chi connectivity index (χ1) is 16.0. The molecule has 0 spiro atoms. The number of aryl methyl sites for hydroxylation is 1. The van der Waals surface area contributed by atoms with E-state index in [2.05, 4.69) is 55.4 Å². The topological polar surface area (TPSA) is 79.2 Å². The summed E-state index contributed by atoms with van der Waals surface area (Å²) < 4.78 is 1.79. The number of rotatable bonds is 5. The van der Waals surface area contributed by atoms with Crippen LogP contribution in [0.15, 0.2) is 61.2 Å². The van der Waals surface area contributed by atoms with Crippen LogP contribution in [0.4, 0.5) is 5.82 Å². The summed E-state index contributed by atoms with van der Waals surface area (Å²) in [5.74, 6) is 0.723. The van der Waals surface area contributed by atoms with Crippen molar-refractivity contribution in [2.75, 3.05) is 38.1 Å². The highest BCUT2D eigenvalue weighted by Gasteiger charge is 2.17. The Balaban J connectivity index is 1.28. The highest BCUT2D eigenvalue weighted by atomic mass is 16.1. The van der Waals surface area contributed by atoms with Crippen LogP contribution in [0.3, 0.4) is 0 Å². The molecule has 1 fully saturated rings. The molecule has 1 N–H and O–H groups in total. The average molecular weight is 442 g/mol. The van der Waals surface area contributed by atoms with Crippen LogP contribution in [0.5, 0.6) is 0 Å². The molecule has 1 aliphatic rings. The summed E-state index contributed by atoms with van der Waals surface area (Å²) in [5.41, 5.74) is 3.59. The van der Waals surface area contributed by atoms with Gasteiger partial charge < -0.3 is 15.1 Å². The fourth-order valence-electron chi connectivity index (χ4n) is 4.07. The molecule has 1 aromatic carbocycles. The fraction of sp³-hybridized carbons (Fsp3) is 0.280. The van der Waals surface area contributed by atoms with Gasteiger partial charge in [0.15, 0.2) is 0 Å². The molecular weight excluding hydrogens is 414 g/mol. The van der Waals surface area contributed by atoms with Gasteiger partial charge in [-0.15, -0.1) is 0 Å². The molecule has 0 unspecified atom stereocenters. The minimum atomic E-state index is -0.126. The minimum Gasteiger partial charge on any atom is -0.354 e. The lowest BCUT2D eigenvalue weighted by atomic mass is 10.0. The SMILES string of the molecule is CN1CCN(c2cc(C(=O)NCc3cc4cc(-c5cnn(C)c5)ccc4cn3)ccn2)CC1. The van der Waals surface area contributed by atoms with E-state index in [1.165, 1.54) is 0 Å². The molecule has 168 valence electrons. The summed E-state index contributed by atoms with van der Waals surface area (Å²) >= 11 is 0. The molecule has 1 aliphatic heterocycles. The summed E-state index contributed by atoms with van der Waals surface area (Å²) in [6.45, 7) is 4.17. The Morgan fingerprint density at radius 1 is 0.939 bits per heavy atom. The van der Waals surface area contributed by atoms with Crippen molar-refractivity contribution in [3.63, 3.8) is 0 Å². The van der Waals surface area contributed by atoms with E-state index >= 15 is 0 Å². The van der Waals surface area contributed by atoms with Gasteiger partial charge in [0.2, 0.25) is 0 Å². The number of nitrogens with one attached hydrogen (secondary N) is 1. The van der Waals surface area contributed by atoms with Crippen LogP contribution < -0.4 is 10.2 Å². The normalized spacial score (nSPS) is 14.5. The lowest BCUT2D eigenvalue weighted by Gasteiger charge is -2.33. The summed E-state index contributed by atoms with van der Waals surface area (Å²) in [6.07, 6.45) is 7.40. The number of benzene rings is 1. The van der Waals surface area contributed by atoms with Crippen molar-refractivity contribution < 1.29 is 4.79 Å². The number of fused-ring (bicyclic) bond motifs is 1. The maximum atomic E-state index is 12.8. The third-order valence-electron chi connectivity index (χ3n) is 6.08. The number of piperazine rings is 1. The van der Waals surface area contributed by atoms with Gasteiger partial charge in [-0.05, 0) is 42.3 Å². The predicted molar refractivity (Wildman–Crippen MR) is 129 cm³/mol. The second-order valence-electron chi connectivity index (χ2n) is 8.52. The van der Waals surface area contributed by atoms with Gasteiger partial charge in [-0.2, -0.15) is 5.10 Å². The molecule has 0 aliphatic carbocycles. The van der Waals surface area contributed by atoms with Gasteiger partial charge in [0.05, 0.1) is 18.4 Å². The molecule has 8 nitrogen and oxygen atoms in total. The van der Waals surface area contributed by atoms with E-state index < -0.39 is 0 Å². The van der Waals surface area contributed by atoms with Gasteiger partial charge in [-0.1, -0.05) is 12.1 Å². The smallest absolute Gasteiger partial charge is 0.251 e. The maximum absolute atomic E-state index is 12.8. The Morgan fingerprint density at radius 3 is 2.58 bits per heavy atom. The Hall–Kier alpha value is -3.78. The highest BCUT2D eigenvalue weighted by Crippen LogP contribution is 2.24. The number of likely N-dealkylation sites (N-methyl/N-ethyl adjacent to an activating group) is 1.